The Hall–Kier alpha value is -2.35. The third-order valence-electron chi connectivity index (χ3n) is 4.40. The lowest BCUT2D eigenvalue weighted by atomic mass is 9.86. The lowest BCUT2D eigenvalue weighted by Crippen LogP contribution is -2.28. The zero-order chi connectivity index (χ0) is 17.7. The van der Waals surface area contributed by atoms with Gasteiger partial charge in [0, 0.05) is 5.56 Å². The smallest absolute Gasteiger partial charge is 0.119 e. The summed E-state index contributed by atoms with van der Waals surface area (Å²) in [7, 11) is 0. The van der Waals surface area contributed by atoms with Crippen LogP contribution in [0.4, 0.5) is 0 Å². The van der Waals surface area contributed by atoms with Crippen LogP contribution in [0.25, 0.3) is 6.08 Å². The SMILES string of the molecule is CCCCOc1ccc2c(c1)CC(C)(C)N=C2C=Cc1ccccc1. The minimum absolute atomic E-state index is 0.0919. The van der Waals surface area contributed by atoms with E-state index < -0.39 is 0 Å². The van der Waals surface area contributed by atoms with E-state index in [9.17, 15) is 0 Å². The number of unbranched alkanes of at least 4 members (excludes halogenated alkanes) is 1. The van der Waals surface area contributed by atoms with Crippen LogP contribution in [0.5, 0.6) is 5.75 Å². The predicted octanol–water partition coefficient (Wildman–Crippen LogP) is 5.70. The highest BCUT2D eigenvalue weighted by Crippen LogP contribution is 2.30. The molecule has 0 spiro atoms. The maximum absolute atomic E-state index is 5.89. The molecule has 25 heavy (non-hydrogen) atoms. The Kier molecular flexibility index (Phi) is 5.37. The summed E-state index contributed by atoms with van der Waals surface area (Å²) in [4.78, 5) is 4.96. The second kappa shape index (κ2) is 7.69. The fourth-order valence-corrected chi connectivity index (χ4v) is 3.15. The van der Waals surface area contributed by atoms with Crippen LogP contribution in [0.15, 0.2) is 59.6 Å². The average molecular weight is 333 g/mol. The summed E-state index contributed by atoms with van der Waals surface area (Å²) in [6.07, 6.45) is 7.45. The van der Waals surface area contributed by atoms with Gasteiger partial charge in [-0.15, -0.1) is 0 Å². The van der Waals surface area contributed by atoms with Crippen molar-refractivity contribution >= 4 is 11.8 Å². The van der Waals surface area contributed by atoms with Crippen molar-refractivity contribution in [2.45, 2.75) is 45.6 Å². The molecular weight excluding hydrogens is 306 g/mol. The number of rotatable bonds is 6. The molecular formula is C23H27NO. The molecule has 0 atom stereocenters. The molecule has 130 valence electrons. The van der Waals surface area contributed by atoms with E-state index in [0.29, 0.717) is 0 Å². The number of ether oxygens (including phenoxy) is 1. The number of fused-ring (bicyclic) bond motifs is 1. The van der Waals surface area contributed by atoms with Gasteiger partial charge < -0.3 is 4.74 Å². The van der Waals surface area contributed by atoms with Gasteiger partial charge in [-0.3, -0.25) is 4.99 Å². The van der Waals surface area contributed by atoms with E-state index in [2.05, 4.69) is 75.4 Å². The number of aliphatic imine (C=N–C) groups is 1. The van der Waals surface area contributed by atoms with Crippen LogP contribution in [-0.4, -0.2) is 17.9 Å². The summed E-state index contributed by atoms with van der Waals surface area (Å²) in [5, 5.41) is 0. The molecule has 0 saturated heterocycles. The molecule has 0 N–H and O–H groups in total. The molecule has 3 rings (SSSR count). The molecule has 1 aliphatic heterocycles. The van der Waals surface area contributed by atoms with Gasteiger partial charge >= 0.3 is 0 Å². The highest BCUT2D eigenvalue weighted by atomic mass is 16.5. The van der Waals surface area contributed by atoms with Crippen molar-refractivity contribution in [3.8, 4) is 5.75 Å². The van der Waals surface area contributed by atoms with Gasteiger partial charge in [0.1, 0.15) is 5.75 Å². The molecule has 1 heterocycles. The molecule has 0 aliphatic carbocycles. The van der Waals surface area contributed by atoms with E-state index in [1.807, 2.05) is 6.07 Å². The predicted molar refractivity (Wildman–Crippen MR) is 107 cm³/mol. The first-order valence-electron chi connectivity index (χ1n) is 9.16. The van der Waals surface area contributed by atoms with Gasteiger partial charge in [-0.25, -0.2) is 0 Å². The van der Waals surface area contributed by atoms with Crippen molar-refractivity contribution in [2.75, 3.05) is 6.61 Å². The zero-order valence-electron chi connectivity index (χ0n) is 15.5. The summed E-state index contributed by atoms with van der Waals surface area (Å²) in [6, 6.07) is 16.8. The molecule has 2 aromatic carbocycles. The van der Waals surface area contributed by atoms with Crippen LogP contribution in [-0.2, 0) is 6.42 Å². The minimum atomic E-state index is -0.0919. The first-order valence-corrected chi connectivity index (χ1v) is 9.16. The first kappa shape index (κ1) is 17.5. The molecule has 2 nitrogen and oxygen atoms in total. The number of nitrogens with zero attached hydrogens (tertiary/aromatic N) is 1. The van der Waals surface area contributed by atoms with Gasteiger partial charge in [0.15, 0.2) is 0 Å². The van der Waals surface area contributed by atoms with E-state index in [-0.39, 0.29) is 5.54 Å². The summed E-state index contributed by atoms with van der Waals surface area (Å²) < 4.78 is 5.89. The zero-order valence-corrected chi connectivity index (χ0v) is 15.5. The van der Waals surface area contributed by atoms with Crippen LogP contribution in [0, 0.1) is 0 Å². The molecule has 0 radical (unpaired) electrons. The molecule has 0 aromatic heterocycles. The van der Waals surface area contributed by atoms with Gasteiger partial charge in [0.25, 0.3) is 0 Å². The molecule has 2 aromatic rings. The Balaban J connectivity index is 1.87. The topological polar surface area (TPSA) is 21.6 Å². The van der Waals surface area contributed by atoms with Crippen molar-refractivity contribution < 1.29 is 4.74 Å². The van der Waals surface area contributed by atoms with Crippen molar-refractivity contribution in [3.05, 3.63) is 71.3 Å². The van der Waals surface area contributed by atoms with Crippen molar-refractivity contribution in [1.82, 2.24) is 0 Å². The highest BCUT2D eigenvalue weighted by Gasteiger charge is 2.26. The van der Waals surface area contributed by atoms with Gasteiger partial charge in [-0.2, -0.15) is 0 Å². The second-order valence-electron chi connectivity index (χ2n) is 7.25. The molecule has 0 saturated carbocycles. The third-order valence-corrected chi connectivity index (χ3v) is 4.40. The quantitative estimate of drug-likeness (QED) is 0.621. The van der Waals surface area contributed by atoms with E-state index in [1.165, 1.54) is 16.7 Å². The van der Waals surface area contributed by atoms with Crippen LogP contribution in [0.2, 0.25) is 0 Å². The van der Waals surface area contributed by atoms with Gasteiger partial charge in [0.05, 0.1) is 17.9 Å². The number of hydrogen-bond acceptors (Lipinski definition) is 2. The fourth-order valence-electron chi connectivity index (χ4n) is 3.15. The van der Waals surface area contributed by atoms with Crippen LogP contribution in [0.1, 0.15) is 50.3 Å². The standard InChI is InChI=1S/C23H27NO/c1-4-5-15-25-20-12-13-21-19(16-20)17-23(2,3)24-22(21)14-11-18-9-7-6-8-10-18/h6-14,16H,4-5,15,17H2,1-3H3. The number of benzene rings is 2. The Morgan fingerprint density at radius 2 is 1.88 bits per heavy atom. The maximum Gasteiger partial charge on any atom is 0.119 e. The molecule has 0 bridgehead atoms. The van der Waals surface area contributed by atoms with Crippen LogP contribution < -0.4 is 4.74 Å². The highest BCUT2D eigenvalue weighted by molar-refractivity contribution is 6.12. The summed E-state index contributed by atoms with van der Waals surface area (Å²) in [6.45, 7) is 7.35. The molecule has 0 fully saturated rings. The molecule has 0 amide bonds. The molecule has 2 heteroatoms. The van der Waals surface area contributed by atoms with Gasteiger partial charge in [-0.1, -0.05) is 49.8 Å². The van der Waals surface area contributed by atoms with E-state index in [0.717, 1.165) is 37.3 Å². The Bertz CT molecular complexity index is 772. The van der Waals surface area contributed by atoms with Crippen LogP contribution in [0.3, 0.4) is 0 Å². The van der Waals surface area contributed by atoms with E-state index >= 15 is 0 Å². The lowest BCUT2D eigenvalue weighted by molar-refractivity contribution is 0.309. The third kappa shape index (κ3) is 4.60. The summed E-state index contributed by atoms with van der Waals surface area (Å²) in [5.74, 6) is 0.969. The van der Waals surface area contributed by atoms with Crippen molar-refractivity contribution in [3.63, 3.8) is 0 Å². The molecule has 0 unspecified atom stereocenters. The summed E-state index contributed by atoms with van der Waals surface area (Å²) in [5.41, 5.74) is 4.69. The maximum atomic E-state index is 5.89. The second-order valence-corrected chi connectivity index (χ2v) is 7.25. The van der Waals surface area contributed by atoms with E-state index in [1.54, 1.807) is 0 Å². The Morgan fingerprint density at radius 1 is 1.08 bits per heavy atom. The number of hydrogen-bond donors (Lipinski definition) is 0. The monoisotopic (exact) mass is 333 g/mol. The van der Waals surface area contributed by atoms with Crippen LogP contribution >= 0.6 is 0 Å². The Morgan fingerprint density at radius 3 is 2.64 bits per heavy atom. The summed E-state index contributed by atoms with van der Waals surface area (Å²) >= 11 is 0. The fraction of sp³-hybridized carbons (Fsp3) is 0.348. The number of allylic oxidation sites excluding steroid dienone is 1. The normalized spacial score (nSPS) is 15.7. The average Bonchev–Trinajstić information content (AvgIpc) is 2.59. The van der Waals surface area contributed by atoms with Crippen molar-refractivity contribution in [2.24, 2.45) is 4.99 Å². The lowest BCUT2D eigenvalue weighted by Gasteiger charge is -2.28. The van der Waals surface area contributed by atoms with Gasteiger partial charge in [0.2, 0.25) is 0 Å². The first-order chi connectivity index (χ1) is 12.1. The van der Waals surface area contributed by atoms with E-state index in [4.69, 9.17) is 9.73 Å². The largest absolute Gasteiger partial charge is 0.494 e. The minimum Gasteiger partial charge on any atom is -0.494 e. The molecule has 1 aliphatic rings. The Labute approximate surface area is 151 Å². The van der Waals surface area contributed by atoms with Gasteiger partial charge in [-0.05, 0) is 62.1 Å². The van der Waals surface area contributed by atoms with Crippen molar-refractivity contribution in [1.29, 1.82) is 0 Å².